The van der Waals surface area contributed by atoms with Crippen LogP contribution < -0.4 is 4.90 Å². The van der Waals surface area contributed by atoms with Crippen LogP contribution in [-0.2, 0) is 4.79 Å². The molecule has 1 fully saturated rings. The summed E-state index contributed by atoms with van der Waals surface area (Å²) in [7, 11) is 0. The van der Waals surface area contributed by atoms with Crippen LogP contribution in [0.15, 0.2) is 71.8 Å². The highest BCUT2D eigenvalue weighted by Crippen LogP contribution is 2.35. The smallest absolute Gasteiger partial charge is 0.270 e. The molecule has 0 unspecified atom stereocenters. The molecule has 1 saturated heterocycles. The van der Waals surface area contributed by atoms with Crippen molar-refractivity contribution in [3.8, 4) is 0 Å². The van der Waals surface area contributed by atoms with E-state index in [0.29, 0.717) is 20.5 Å². The van der Waals surface area contributed by atoms with Crippen LogP contribution in [0.25, 0.3) is 10.9 Å². The Morgan fingerprint density at radius 3 is 2.60 bits per heavy atom. The van der Waals surface area contributed by atoms with Gasteiger partial charge >= 0.3 is 0 Å². The second-order valence-electron chi connectivity index (χ2n) is 5.46. The van der Waals surface area contributed by atoms with Crippen LogP contribution >= 0.6 is 24.0 Å². The first kappa shape index (κ1) is 15.8. The minimum Gasteiger partial charge on any atom is -0.360 e. The highest BCUT2D eigenvalue weighted by Gasteiger charge is 2.33. The average Bonchev–Trinajstić information content (AvgIpc) is 3.17. The number of carbonyl (C=O) groups is 2. The number of ketones is 1. The van der Waals surface area contributed by atoms with Gasteiger partial charge in [0, 0.05) is 28.7 Å². The molecule has 3 aromatic rings. The Hall–Kier alpha value is -2.70. The number of aromatic amines is 1. The normalized spacial score (nSPS) is 16.2. The van der Waals surface area contributed by atoms with Crippen molar-refractivity contribution >= 4 is 56.6 Å². The molecule has 4 nitrogen and oxygen atoms in total. The minimum atomic E-state index is -0.269. The summed E-state index contributed by atoms with van der Waals surface area (Å²) in [4.78, 5) is 30.2. The van der Waals surface area contributed by atoms with Crippen molar-refractivity contribution in [1.82, 2.24) is 4.98 Å². The van der Waals surface area contributed by atoms with Gasteiger partial charge in [-0.05, 0) is 18.2 Å². The molecule has 0 spiro atoms. The molecule has 1 aliphatic rings. The fraction of sp³-hybridized carbons (Fsp3) is 0. The van der Waals surface area contributed by atoms with Crippen LogP contribution in [0.1, 0.15) is 10.4 Å². The van der Waals surface area contributed by atoms with Crippen molar-refractivity contribution in [2.75, 3.05) is 4.90 Å². The van der Waals surface area contributed by atoms with Gasteiger partial charge in [-0.2, -0.15) is 0 Å². The fourth-order valence-corrected chi connectivity index (χ4v) is 4.01. The zero-order chi connectivity index (χ0) is 17.4. The third kappa shape index (κ3) is 2.79. The zero-order valence-electron chi connectivity index (χ0n) is 12.9. The lowest BCUT2D eigenvalue weighted by atomic mass is 10.1. The summed E-state index contributed by atoms with van der Waals surface area (Å²) in [6, 6.07) is 16.7. The van der Waals surface area contributed by atoms with E-state index in [4.69, 9.17) is 12.2 Å². The molecule has 1 N–H and O–H groups in total. The number of amides is 1. The summed E-state index contributed by atoms with van der Waals surface area (Å²) in [5, 5.41) is 0.835. The summed E-state index contributed by atoms with van der Waals surface area (Å²) in [5.74, 6) is -0.486. The van der Waals surface area contributed by atoms with Gasteiger partial charge in [0.25, 0.3) is 5.91 Å². The number of benzene rings is 2. The molecule has 0 bridgehead atoms. The molecule has 4 rings (SSSR count). The first-order valence-electron chi connectivity index (χ1n) is 7.58. The highest BCUT2D eigenvalue weighted by atomic mass is 32.2. The summed E-state index contributed by atoms with van der Waals surface area (Å²) >= 11 is 6.46. The van der Waals surface area contributed by atoms with Gasteiger partial charge in [-0.25, -0.2) is 0 Å². The maximum atomic E-state index is 12.7. The van der Waals surface area contributed by atoms with Crippen LogP contribution in [0, 0.1) is 0 Å². The van der Waals surface area contributed by atoms with Crippen molar-refractivity contribution in [2.24, 2.45) is 0 Å². The number of aromatic nitrogens is 1. The van der Waals surface area contributed by atoms with Gasteiger partial charge < -0.3 is 4.98 Å². The number of anilines is 1. The first-order valence-corrected chi connectivity index (χ1v) is 8.81. The third-order valence-corrected chi connectivity index (χ3v) is 5.23. The van der Waals surface area contributed by atoms with E-state index in [2.05, 4.69) is 4.98 Å². The standard InChI is InChI=1S/C19H12N2O2S2/c22-16(14-11-20-15-9-5-4-8-13(14)15)10-17-18(23)21(19(24)25-17)12-6-2-1-3-7-12/h1-11,20H/b17-10+. The molecule has 2 aromatic carbocycles. The molecule has 25 heavy (non-hydrogen) atoms. The van der Waals surface area contributed by atoms with E-state index in [1.807, 2.05) is 54.6 Å². The number of fused-ring (bicyclic) bond motifs is 1. The predicted octanol–water partition coefficient (Wildman–Crippen LogP) is 4.30. The lowest BCUT2D eigenvalue weighted by Gasteiger charge is -2.13. The fourth-order valence-electron chi connectivity index (χ4n) is 2.74. The summed E-state index contributed by atoms with van der Waals surface area (Å²) in [6.07, 6.45) is 3.04. The predicted molar refractivity (Wildman–Crippen MR) is 105 cm³/mol. The lowest BCUT2D eigenvalue weighted by molar-refractivity contribution is -0.113. The minimum absolute atomic E-state index is 0.217. The van der Waals surface area contributed by atoms with E-state index in [9.17, 15) is 9.59 Å². The third-order valence-electron chi connectivity index (χ3n) is 3.93. The summed E-state index contributed by atoms with van der Waals surface area (Å²) in [6.45, 7) is 0. The Balaban J connectivity index is 1.67. The average molecular weight is 364 g/mol. The Morgan fingerprint density at radius 2 is 1.80 bits per heavy atom. The Kier molecular flexibility index (Phi) is 3.99. The van der Waals surface area contributed by atoms with E-state index in [1.165, 1.54) is 11.0 Å². The number of nitrogens with zero attached hydrogens (tertiary/aromatic N) is 1. The topological polar surface area (TPSA) is 53.2 Å². The number of rotatable bonds is 3. The number of para-hydroxylation sites is 2. The molecule has 1 aromatic heterocycles. The maximum Gasteiger partial charge on any atom is 0.270 e. The number of thiocarbonyl (C=S) groups is 1. The zero-order valence-corrected chi connectivity index (χ0v) is 14.6. The molecular formula is C19H12N2O2S2. The monoisotopic (exact) mass is 364 g/mol. The Morgan fingerprint density at radius 1 is 1.08 bits per heavy atom. The number of allylic oxidation sites excluding steroid dienone is 1. The largest absolute Gasteiger partial charge is 0.360 e. The molecule has 0 atom stereocenters. The van der Waals surface area contributed by atoms with Crippen molar-refractivity contribution in [2.45, 2.75) is 0 Å². The molecule has 0 saturated carbocycles. The van der Waals surface area contributed by atoms with Crippen molar-refractivity contribution in [1.29, 1.82) is 0 Å². The van der Waals surface area contributed by atoms with Crippen molar-refractivity contribution < 1.29 is 9.59 Å². The number of hydrogen-bond acceptors (Lipinski definition) is 4. The highest BCUT2D eigenvalue weighted by molar-refractivity contribution is 8.27. The van der Waals surface area contributed by atoms with Crippen LogP contribution in [-0.4, -0.2) is 21.0 Å². The molecular weight excluding hydrogens is 352 g/mol. The molecule has 1 aliphatic heterocycles. The lowest BCUT2D eigenvalue weighted by Crippen LogP contribution is -2.27. The molecule has 122 valence electrons. The number of hydrogen-bond donors (Lipinski definition) is 1. The van der Waals surface area contributed by atoms with Gasteiger partial charge in [0.2, 0.25) is 0 Å². The second kappa shape index (κ2) is 6.31. The van der Waals surface area contributed by atoms with Gasteiger partial charge in [-0.1, -0.05) is 60.4 Å². The molecule has 1 amide bonds. The van der Waals surface area contributed by atoms with Gasteiger partial charge in [-0.15, -0.1) is 0 Å². The molecule has 0 aliphatic carbocycles. The number of carbonyl (C=O) groups excluding carboxylic acids is 2. The molecule has 6 heteroatoms. The summed E-state index contributed by atoms with van der Waals surface area (Å²) in [5.41, 5.74) is 2.13. The van der Waals surface area contributed by atoms with E-state index in [-0.39, 0.29) is 11.7 Å². The first-order chi connectivity index (χ1) is 12.1. The number of nitrogens with one attached hydrogen (secondary N) is 1. The van der Waals surface area contributed by atoms with Crippen LogP contribution in [0.4, 0.5) is 5.69 Å². The molecule has 0 radical (unpaired) electrons. The van der Waals surface area contributed by atoms with Gasteiger partial charge in [0.1, 0.15) is 0 Å². The SMILES string of the molecule is O=C(/C=C1/SC(=S)N(c2ccccc2)C1=O)c1c[nH]c2ccccc12. The maximum absolute atomic E-state index is 12.7. The quantitative estimate of drug-likeness (QED) is 0.428. The molecule has 2 heterocycles. The van der Waals surface area contributed by atoms with E-state index in [1.54, 1.807) is 6.20 Å². The van der Waals surface area contributed by atoms with Crippen LogP contribution in [0.2, 0.25) is 0 Å². The number of H-pyrrole nitrogens is 1. The van der Waals surface area contributed by atoms with Crippen LogP contribution in [0.3, 0.4) is 0 Å². The van der Waals surface area contributed by atoms with Crippen molar-refractivity contribution in [3.63, 3.8) is 0 Å². The van der Waals surface area contributed by atoms with E-state index >= 15 is 0 Å². The second-order valence-corrected chi connectivity index (χ2v) is 7.14. The van der Waals surface area contributed by atoms with Crippen molar-refractivity contribution in [3.05, 3.63) is 77.3 Å². The van der Waals surface area contributed by atoms with Gasteiger partial charge in [-0.3, -0.25) is 14.5 Å². The Labute approximate surface area is 153 Å². The van der Waals surface area contributed by atoms with Gasteiger partial charge in [0.05, 0.1) is 10.6 Å². The van der Waals surface area contributed by atoms with E-state index < -0.39 is 0 Å². The van der Waals surface area contributed by atoms with Crippen LogP contribution in [0.5, 0.6) is 0 Å². The summed E-state index contributed by atoms with van der Waals surface area (Å²) < 4.78 is 0.425. The number of thioether (sulfide) groups is 1. The Bertz CT molecular complexity index is 1040. The van der Waals surface area contributed by atoms with E-state index in [0.717, 1.165) is 22.7 Å². The van der Waals surface area contributed by atoms with Gasteiger partial charge in [0.15, 0.2) is 10.1 Å².